The number of methoxy groups -OCH3 is 1. The van der Waals surface area contributed by atoms with Crippen molar-refractivity contribution in [3.63, 3.8) is 0 Å². The molecule has 0 bridgehead atoms. The van der Waals surface area contributed by atoms with Gasteiger partial charge in [0.15, 0.2) is 0 Å². The first kappa shape index (κ1) is 17.6. The zero-order valence-corrected chi connectivity index (χ0v) is 15.5. The van der Waals surface area contributed by atoms with Crippen molar-refractivity contribution in [2.75, 3.05) is 20.3 Å². The quantitative estimate of drug-likeness (QED) is 0.383. The number of benzene rings is 1. The molecular formula is C15H20INO4S. The lowest BCUT2D eigenvalue weighted by molar-refractivity contribution is 0.312. The van der Waals surface area contributed by atoms with E-state index in [9.17, 15) is 8.42 Å². The van der Waals surface area contributed by atoms with Crippen LogP contribution in [0.25, 0.3) is 0 Å². The third-order valence-corrected chi connectivity index (χ3v) is 6.99. The molecule has 0 N–H and O–H groups in total. The van der Waals surface area contributed by atoms with Crippen molar-refractivity contribution >= 4 is 32.9 Å². The van der Waals surface area contributed by atoms with Crippen molar-refractivity contribution in [2.24, 2.45) is 0 Å². The summed E-state index contributed by atoms with van der Waals surface area (Å²) in [6.45, 7) is 0.926. The van der Waals surface area contributed by atoms with E-state index in [0.29, 0.717) is 24.7 Å². The van der Waals surface area contributed by atoms with Crippen molar-refractivity contribution in [3.05, 3.63) is 30.4 Å². The maximum atomic E-state index is 12.7. The Bertz CT molecular complexity index is 630. The van der Waals surface area contributed by atoms with E-state index in [-0.39, 0.29) is 4.90 Å². The summed E-state index contributed by atoms with van der Waals surface area (Å²) < 4.78 is 37.6. The fourth-order valence-electron chi connectivity index (χ4n) is 2.14. The first-order valence-corrected chi connectivity index (χ1v) is 9.60. The van der Waals surface area contributed by atoms with Gasteiger partial charge in [-0.1, -0.05) is 12.2 Å². The van der Waals surface area contributed by atoms with Crippen LogP contribution in [0.4, 0.5) is 0 Å². The molecule has 0 saturated carbocycles. The minimum absolute atomic E-state index is 0.186. The van der Waals surface area contributed by atoms with Crippen LogP contribution in [0.15, 0.2) is 35.2 Å². The molecule has 0 aliphatic carbocycles. The standard InChI is InChI=1S/C15H20INO4S/c1-20-13-8-9-15-14(12-13)21-11-7-5-3-2-4-6-10-17(16)22(15,18)19/h3,5,8-9,12H,2,4,6-7,10-11H2,1H3/b5-3-. The number of allylic oxidation sites excluding steroid dienone is 1. The van der Waals surface area contributed by atoms with Gasteiger partial charge in [0.25, 0.3) is 10.0 Å². The number of hydrogen-bond acceptors (Lipinski definition) is 4. The number of nitrogens with zero attached hydrogens (tertiary/aromatic N) is 1. The summed E-state index contributed by atoms with van der Waals surface area (Å²) in [4.78, 5) is 0.186. The zero-order chi connectivity index (χ0) is 16.0. The summed E-state index contributed by atoms with van der Waals surface area (Å²) >= 11 is 1.86. The monoisotopic (exact) mass is 437 g/mol. The maximum Gasteiger partial charge on any atom is 0.255 e. The van der Waals surface area contributed by atoms with Gasteiger partial charge in [-0.05, 0) is 37.8 Å². The molecule has 0 radical (unpaired) electrons. The summed E-state index contributed by atoms with van der Waals surface area (Å²) in [6, 6.07) is 4.81. The minimum Gasteiger partial charge on any atom is -0.497 e. The lowest BCUT2D eigenvalue weighted by Crippen LogP contribution is -2.23. The van der Waals surface area contributed by atoms with E-state index in [1.165, 1.54) is 2.52 Å². The van der Waals surface area contributed by atoms with Crippen LogP contribution in [0.2, 0.25) is 0 Å². The number of ether oxygens (including phenoxy) is 2. The van der Waals surface area contributed by atoms with Gasteiger partial charge in [-0.3, -0.25) is 0 Å². The molecule has 0 amide bonds. The molecule has 1 aromatic rings. The first-order chi connectivity index (χ1) is 10.6. The van der Waals surface area contributed by atoms with Crippen molar-refractivity contribution in [2.45, 2.75) is 30.6 Å². The summed E-state index contributed by atoms with van der Waals surface area (Å²) in [5.41, 5.74) is 0. The third-order valence-electron chi connectivity index (χ3n) is 3.35. The van der Waals surface area contributed by atoms with Gasteiger partial charge in [0.2, 0.25) is 0 Å². The van der Waals surface area contributed by atoms with Crippen LogP contribution < -0.4 is 9.47 Å². The Hall–Kier alpha value is -0.800. The highest BCUT2D eigenvalue weighted by molar-refractivity contribution is 14.1. The van der Waals surface area contributed by atoms with Crippen LogP contribution in [0.5, 0.6) is 11.5 Å². The Kier molecular flexibility index (Phi) is 6.51. The Balaban J connectivity index is 2.38. The van der Waals surface area contributed by atoms with Crippen LogP contribution in [-0.4, -0.2) is 31.2 Å². The molecule has 0 unspecified atom stereocenters. The molecule has 1 aliphatic rings. The van der Waals surface area contributed by atoms with Crippen LogP contribution >= 0.6 is 22.9 Å². The van der Waals surface area contributed by atoms with Crippen LogP contribution in [0.1, 0.15) is 25.7 Å². The Morgan fingerprint density at radius 2 is 2.00 bits per heavy atom. The highest BCUT2D eigenvalue weighted by atomic mass is 127. The van der Waals surface area contributed by atoms with Crippen molar-refractivity contribution in [1.82, 2.24) is 2.52 Å². The average molecular weight is 437 g/mol. The summed E-state index contributed by atoms with van der Waals surface area (Å²) in [6.07, 6.45) is 7.73. The molecule has 1 aliphatic heterocycles. The second-order valence-corrected chi connectivity index (χ2v) is 8.58. The molecule has 122 valence electrons. The zero-order valence-electron chi connectivity index (χ0n) is 12.5. The molecule has 1 aromatic carbocycles. The normalized spacial score (nSPS) is 21.4. The predicted octanol–water partition coefficient (Wildman–Crippen LogP) is 3.54. The Morgan fingerprint density at radius 3 is 2.77 bits per heavy atom. The van der Waals surface area contributed by atoms with E-state index in [1.807, 2.05) is 22.9 Å². The summed E-state index contributed by atoms with van der Waals surface area (Å²) in [7, 11) is -2.02. The van der Waals surface area contributed by atoms with Gasteiger partial charge in [0, 0.05) is 35.5 Å². The van der Waals surface area contributed by atoms with E-state index in [4.69, 9.17) is 9.47 Å². The minimum atomic E-state index is -3.57. The fourth-order valence-corrected chi connectivity index (χ4v) is 4.31. The number of hydrogen-bond donors (Lipinski definition) is 0. The first-order valence-electron chi connectivity index (χ1n) is 7.20. The highest BCUT2D eigenvalue weighted by Crippen LogP contribution is 2.32. The molecule has 2 rings (SSSR count). The topological polar surface area (TPSA) is 55.8 Å². The van der Waals surface area contributed by atoms with Crippen molar-refractivity contribution in [1.29, 1.82) is 0 Å². The summed E-state index contributed by atoms with van der Waals surface area (Å²) in [5, 5.41) is 0. The molecule has 0 atom stereocenters. The van der Waals surface area contributed by atoms with Crippen molar-refractivity contribution in [3.8, 4) is 11.5 Å². The van der Waals surface area contributed by atoms with E-state index < -0.39 is 10.0 Å². The van der Waals surface area contributed by atoms with Crippen LogP contribution in [0, 0.1) is 0 Å². The molecule has 0 saturated heterocycles. The van der Waals surface area contributed by atoms with Crippen molar-refractivity contribution < 1.29 is 17.9 Å². The average Bonchev–Trinajstić information content (AvgIpc) is 2.52. The van der Waals surface area contributed by atoms with Gasteiger partial charge in [-0.25, -0.2) is 8.42 Å². The SMILES string of the molecule is COc1ccc2c(c1)OCC/C=C\CCCCN(I)S2(=O)=O. The van der Waals surface area contributed by atoms with Gasteiger partial charge in [0.05, 0.1) is 13.7 Å². The molecule has 0 aromatic heterocycles. The van der Waals surface area contributed by atoms with E-state index in [1.54, 1.807) is 25.3 Å². The van der Waals surface area contributed by atoms with Gasteiger partial charge < -0.3 is 9.47 Å². The van der Waals surface area contributed by atoms with Crippen LogP contribution in [-0.2, 0) is 10.0 Å². The Labute approximate surface area is 145 Å². The van der Waals surface area contributed by atoms with Gasteiger partial charge >= 0.3 is 0 Å². The number of rotatable bonds is 1. The predicted molar refractivity (Wildman–Crippen MR) is 94.0 cm³/mol. The molecule has 7 heteroatoms. The molecule has 0 fully saturated rings. The third kappa shape index (κ3) is 4.36. The van der Waals surface area contributed by atoms with Gasteiger partial charge in [0.1, 0.15) is 16.4 Å². The molecular weight excluding hydrogens is 417 g/mol. The second-order valence-electron chi connectivity index (χ2n) is 4.93. The maximum absolute atomic E-state index is 12.7. The molecule has 1 heterocycles. The number of fused-ring (bicyclic) bond motifs is 1. The smallest absolute Gasteiger partial charge is 0.255 e. The summed E-state index contributed by atoms with van der Waals surface area (Å²) in [5.74, 6) is 0.919. The van der Waals surface area contributed by atoms with Crippen LogP contribution in [0.3, 0.4) is 0 Å². The lowest BCUT2D eigenvalue weighted by atomic mass is 10.2. The number of sulfonamides is 1. The Morgan fingerprint density at radius 1 is 1.23 bits per heavy atom. The highest BCUT2D eigenvalue weighted by Gasteiger charge is 2.26. The molecule has 5 nitrogen and oxygen atoms in total. The molecule has 22 heavy (non-hydrogen) atoms. The lowest BCUT2D eigenvalue weighted by Gasteiger charge is -2.18. The van der Waals surface area contributed by atoms with E-state index in [2.05, 4.69) is 12.2 Å². The fraction of sp³-hybridized carbons (Fsp3) is 0.467. The second kappa shape index (κ2) is 8.16. The largest absolute Gasteiger partial charge is 0.497 e. The van der Waals surface area contributed by atoms with Gasteiger partial charge in [-0.2, -0.15) is 0 Å². The van der Waals surface area contributed by atoms with E-state index in [0.717, 1.165) is 25.7 Å². The molecule has 0 spiro atoms. The van der Waals surface area contributed by atoms with E-state index >= 15 is 0 Å². The van der Waals surface area contributed by atoms with Gasteiger partial charge in [-0.15, -0.1) is 2.52 Å². The number of halogens is 1.